The van der Waals surface area contributed by atoms with Crippen LogP contribution in [0.25, 0.3) is 5.57 Å². The van der Waals surface area contributed by atoms with E-state index in [0.717, 1.165) is 10.1 Å². The molecular weight excluding hydrogens is 232 g/mol. The topological polar surface area (TPSA) is 84.4 Å². The first-order chi connectivity index (χ1) is 7.54. The lowest BCUT2D eigenvalue weighted by molar-refractivity contribution is -0.130. The number of nitrogens with zero attached hydrogens (tertiary/aromatic N) is 3. The number of hydrogen-bond donors (Lipinski definition) is 2. The molecular formula is C9H11ClN4O2. The lowest BCUT2D eigenvalue weighted by Gasteiger charge is -2.27. The van der Waals surface area contributed by atoms with Crippen molar-refractivity contribution in [2.75, 3.05) is 0 Å². The van der Waals surface area contributed by atoms with E-state index in [-0.39, 0.29) is 5.57 Å². The maximum absolute atomic E-state index is 11.0. The van der Waals surface area contributed by atoms with Gasteiger partial charge in [-0.05, 0) is 6.42 Å². The molecule has 2 heterocycles. The van der Waals surface area contributed by atoms with Crippen LogP contribution < -0.4 is 5.73 Å². The quantitative estimate of drug-likeness (QED) is 0.748. The highest BCUT2D eigenvalue weighted by Gasteiger charge is 2.28. The number of aromatic nitrogens is 2. The number of hydrogen-bond acceptors (Lipinski definition) is 4. The van der Waals surface area contributed by atoms with Crippen molar-refractivity contribution in [3.63, 3.8) is 0 Å². The van der Waals surface area contributed by atoms with Gasteiger partial charge in [0.25, 0.3) is 0 Å². The minimum Gasteiger partial charge on any atom is -0.477 e. The molecule has 0 spiro atoms. The molecule has 0 saturated carbocycles. The van der Waals surface area contributed by atoms with Crippen LogP contribution in [0.15, 0.2) is 12.4 Å². The normalized spacial score (nSPS) is 19.3. The number of rotatable bonds is 2. The van der Waals surface area contributed by atoms with Gasteiger partial charge < -0.3 is 5.11 Å². The molecule has 1 unspecified atom stereocenters. The van der Waals surface area contributed by atoms with Crippen LogP contribution in [0, 0.1) is 0 Å². The highest BCUT2D eigenvalue weighted by molar-refractivity contribution is 6.19. The molecule has 1 aliphatic rings. The average molecular weight is 243 g/mol. The maximum Gasteiger partial charge on any atom is 0.341 e. The van der Waals surface area contributed by atoms with Crippen molar-refractivity contribution < 1.29 is 9.90 Å². The van der Waals surface area contributed by atoms with Crippen molar-refractivity contribution in [2.45, 2.75) is 19.6 Å². The molecule has 1 aromatic heterocycles. The fraction of sp³-hybridized carbons (Fsp3) is 0.333. The van der Waals surface area contributed by atoms with Gasteiger partial charge in [-0.3, -0.25) is 14.7 Å². The predicted molar refractivity (Wildman–Crippen MR) is 58.1 cm³/mol. The first-order valence-electron chi connectivity index (χ1n) is 4.77. The molecule has 0 aliphatic carbocycles. The standard InChI is InChI=1S/C9H11ClN4O2/c1-2-5-3-13-7(12-5)6(8(15)16)4-14(10)9(13)11/h3-4,9H,2,11H2,1H3,(H,15,16). The van der Waals surface area contributed by atoms with E-state index < -0.39 is 12.3 Å². The van der Waals surface area contributed by atoms with Gasteiger partial charge >= 0.3 is 5.97 Å². The van der Waals surface area contributed by atoms with Crippen LogP contribution in [0.4, 0.5) is 0 Å². The summed E-state index contributed by atoms with van der Waals surface area (Å²) in [6, 6.07) is 0. The fourth-order valence-electron chi connectivity index (χ4n) is 1.54. The third kappa shape index (κ3) is 1.56. The molecule has 6 nitrogen and oxygen atoms in total. The highest BCUT2D eigenvalue weighted by Crippen LogP contribution is 2.27. The van der Waals surface area contributed by atoms with E-state index in [9.17, 15) is 4.79 Å². The van der Waals surface area contributed by atoms with Crippen LogP contribution >= 0.6 is 11.8 Å². The molecule has 0 bridgehead atoms. The van der Waals surface area contributed by atoms with Crippen LogP contribution in [-0.2, 0) is 11.2 Å². The Morgan fingerprint density at radius 2 is 2.44 bits per heavy atom. The molecule has 2 rings (SSSR count). The van der Waals surface area contributed by atoms with Gasteiger partial charge in [0, 0.05) is 24.2 Å². The molecule has 7 heteroatoms. The van der Waals surface area contributed by atoms with E-state index in [1.165, 1.54) is 6.20 Å². The summed E-state index contributed by atoms with van der Waals surface area (Å²) >= 11 is 5.81. The average Bonchev–Trinajstić information content (AvgIpc) is 2.67. The zero-order valence-corrected chi connectivity index (χ0v) is 9.35. The summed E-state index contributed by atoms with van der Waals surface area (Å²) in [6.45, 7) is 1.93. The third-order valence-electron chi connectivity index (χ3n) is 2.41. The van der Waals surface area contributed by atoms with Crippen LogP contribution in [0.5, 0.6) is 0 Å². The Labute approximate surface area is 97.0 Å². The maximum atomic E-state index is 11.0. The van der Waals surface area contributed by atoms with Crippen molar-refractivity contribution in [3.05, 3.63) is 23.9 Å². The zero-order valence-electron chi connectivity index (χ0n) is 8.59. The summed E-state index contributed by atoms with van der Waals surface area (Å²) in [5, 5.41) is 9.02. The molecule has 3 N–H and O–H groups in total. The Morgan fingerprint density at radius 1 is 1.75 bits per heavy atom. The van der Waals surface area contributed by atoms with Gasteiger partial charge in [0.15, 0.2) is 12.1 Å². The Balaban J connectivity index is 2.56. The lowest BCUT2D eigenvalue weighted by Crippen LogP contribution is -2.34. The Kier molecular flexibility index (Phi) is 2.61. The van der Waals surface area contributed by atoms with Crippen molar-refractivity contribution >= 4 is 23.3 Å². The molecule has 0 fully saturated rings. The Morgan fingerprint density at radius 3 is 3.00 bits per heavy atom. The number of carbonyl (C=O) groups is 1. The molecule has 0 aromatic carbocycles. The number of nitrogens with two attached hydrogens (primary N) is 1. The van der Waals surface area contributed by atoms with E-state index in [2.05, 4.69) is 4.98 Å². The second kappa shape index (κ2) is 3.80. The van der Waals surface area contributed by atoms with E-state index in [1.807, 2.05) is 6.92 Å². The second-order valence-electron chi connectivity index (χ2n) is 3.42. The smallest absolute Gasteiger partial charge is 0.341 e. The van der Waals surface area contributed by atoms with Crippen molar-refractivity contribution in [1.29, 1.82) is 0 Å². The number of halogens is 1. The summed E-state index contributed by atoms with van der Waals surface area (Å²) < 4.78 is 2.67. The molecule has 1 aromatic rings. The summed E-state index contributed by atoms with van der Waals surface area (Å²) in [5.41, 5.74) is 6.62. The fourth-order valence-corrected chi connectivity index (χ4v) is 1.73. The molecule has 86 valence electrons. The van der Waals surface area contributed by atoms with Crippen LogP contribution in [0.2, 0.25) is 0 Å². The SMILES string of the molecule is CCc1cn2c(n1)C(C(=O)O)=CN(Cl)C2N. The van der Waals surface area contributed by atoms with E-state index in [1.54, 1.807) is 10.8 Å². The minimum atomic E-state index is -1.08. The molecule has 0 amide bonds. The number of fused-ring (bicyclic) bond motifs is 1. The van der Waals surface area contributed by atoms with E-state index in [4.69, 9.17) is 22.6 Å². The monoisotopic (exact) mass is 242 g/mol. The number of aliphatic carboxylic acids is 1. The summed E-state index contributed by atoms with van der Waals surface area (Å²) in [4.78, 5) is 15.2. The number of carboxylic acids is 1. The largest absolute Gasteiger partial charge is 0.477 e. The van der Waals surface area contributed by atoms with Crippen molar-refractivity contribution in [1.82, 2.24) is 14.0 Å². The van der Waals surface area contributed by atoms with Gasteiger partial charge in [0.2, 0.25) is 0 Å². The molecule has 0 radical (unpaired) electrons. The van der Waals surface area contributed by atoms with E-state index in [0.29, 0.717) is 12.2 Å². The third-order valence-corrected chi connectivity index (χ3v) is 2.70. The van der Waals surface area contributed by atoms with Gasteiger partial charge in [-0.2, -0.15) is 0 Å². The van der Waals surface area contributed by atoms with Gasteiger partial charge in [-0.1, -0.05) is 6.92 Å². The lowest BCUT2D eigenvalue weighted by atomic mass is 10.2. The number of imidazole rings is 1. The molecule has 1 atom stereocenters. The van der Waals surface area contributed by atoms with Gasteiger partial charge in [0.1, 0.15) is 5.57 Å². The van der Waals surface area contributed by atoms with Gasteiger partial charge in [-0.25, -0.2) is 9.78 Å². The van der Waals surface area contributed by atoms with Crippen molar-refractivity contribution in [3.8, 4) is 0 Å². The Bertz CT molecular complexity index is 468. The summed E-state index contributed by atoms with van der Waals surface area (Å²) in [5.74, 6) is -0.735. The molecule has 1 aliphatic heterocycles. The second-order valence-corrected chi connectivity index (χ2v) is 3.81. The molecule has 0 saturated heterocycles. The van der Waals surface area contributed by atoms with Gasteiger partial charge in [0.05, 0.1) is 5.69 Å². The predicted octanol–water partition coefficient (Wildman–Crippen LogP) is 0.755. The van der Waals surface area contributed by atoms with Crippen LogP contribution in [0.1, 0.15) is 24.7 Å². The highest BCUT2D eigenvalue weighted by atomic mass is 35.5. The minimum absolute atomic E-state index is 0.0383. The molecule has 16 heavy (non-hydrogen) atoms. The zero-order chi connectivity index (χ0) is 11.9. The van der Waals surface area contributed by atoms with Crippen LogP contribution in [0.3, 0.4) is 0 Å². The Hall–Kier alpha value is -1.53. The number of carboxylic acid groups (broad SMARTS) is 1. The number of aryl methyl sites for hydroxylation is 1. The first kappa shape index (κ1) is 11.0. The first-order valence-corrected chi connectivity index (χ1v) is 5.11. The van der Waals surface area contributed by atoms with Crippen molar-refractivity contribution in [2.24, 2.45) is 5.73 Å². The van der Waals surface area contributed by atoms with E-state index >= 15 is 0 Å². The summed E-state index contributed by atoms with van der Waals surface area (Å²) in [7, 11) is 0. The van der Waals surface area contributed by atoms with Gasteiger partial charge in [-0.15, -0.1) is 0 Å². The van der Waals surface area contributed by atoms with Crippen LogP contribution in [-0.4, -0.2) is 25.0 Å². The summed E-state index contributed by atoms with van der Waals surface area (Å²) in [6.07, 6.45) is 3.07.